The van der Waals surface area contributed by atoms with Gasteiger partial charge in [-0.05, 0) is 49.7 Å². The molecule has 0 heterocycles. The highest BCUT2D eigenvalue weighted by molar-refractivity contribution is 7.91. The van der Waals surface area contributed by atoms with Gasteiger partial charge < -0.3 is 4.74 Å². The van der Waals surface area contributed by atoms with E-state index in [0.717, 1.165) is 7.11 Å². The number of esters is 1. The predicted octanol–water partition coefficient (Wildman–Crippen LogP) is 3.06. The van der Waals surface area contributed by atoms with Crippen molar-refractivity contribution in [3.8, 4) is 0 Å². The quantitative estimate of drug-likeness (QED) is 0.593. The van der Waals surface area contributed by atoms with Crippen LogP contribution in [-0.4, -0.2) is 41.2 Å². The first kappa shape index (κ1) is 24.1. The van der Waals surface area contributed by atoms with E-state index in [4.69, 9.17) is 11.6 Å². The first-order valence-electron chi connectivity index (χ1n) is 8.75. The van der Waals surface area contributed by atoms with Crippen LogP contribution in [0.5, 0.6) is 0 Å². The van der Waals surface area contributed by atoms with Crippen LogP contribution < -0.4 is 4.72 Å². The molecule has 0 atom stereocenters. The summed E-state index contributed by atoms with van der Waals surface area (Å²) in [5, 5.41) is 0.263. The predicted molar refractivity (Wildman–Crippen MR) is 115 cm³/mol. The van der Waals surface area contributed by atoms with Crippen molar-refractivity contribution in [3.05, 3.63) is 65.2 Å². The maximum absolute atomic E-state index is 12.8. The molecule has 0 aliphatic heterocycles. The highest BCUT2D eigenvalue weighted by Gasteiger charge is 2.32. The van der Waals surface area contributed by atoms with Crippen molar-refractivity contribution in [1.82, 2.24) is 4.72 Å². The molecule has 0 aliphatic rings. The van der Waals surface area contributed by atoms with Crippen LogP contribution >= 0.6 is 11.6 Å². The van der Waals surface area contributed by atoms with E-state index in [0.29, 0.717) is 5.56 Å². The Hall–Kier alpha value is -2.20. The van der Waals surface area contributed by atoms with Crippen molar-refractivity contribution in [1.29, 1.82) is 0 Å². The molecule has 10 heteroatoms. The highest BCUT2D eigenvalue weighted by atomic mass is 35.5. The van der Waals surface area contributed by atoms with E-state index in [-0.39, 0.29) is 14.8 Å². The Kier molecular flexibility index (Phi) is 7.46. The lowest BCUT2D eigenvalue weighted by Crippen LogP contribution is -2.50. The van der Waals surface area contributed by atoms with Crippen molar-refractivity contribution >= 4 is 43.5 Å². The van der Waals surface area contributed by atoms with Crippen molar-refractivity contribution in [2.24, 2.45) is 0 Å². The average Bonchev–Trinajstić information content (AvgIpc) is 2.68. The minimum atomic E-state index is -3.86. The van der Waals surface area contributed by atoms with Crippen LogP contribution in [0, 0.1) is 0 Å². The third-order valence-corrected chi connectivity index (χ3v) is 7.61. The molecule has 2 rings (SSSR count). The molecule has 0 unspecified atom stereocenters. The first-order valence-corrected chi connectivity index (χ1v) is 12.3. The standard InChI is InChI=1S/C20H22ClNO6S2/c1-20(2,19(23)28-3)22-29(24,25)13-7-8-15-14-17(11-12-18(15)21)30(26,27)16-9-5-4-6-10-16/h4-12,14,22H,13H2,1-3H3. The Morgan fingerprint density at radius 3 is 2.30 bits per heavy atom. The molecular formula is C20H22ClNO6S2. The second kappa shape index (κ2) is 9.30. The van der Waals surface area contributed by atoms with Crippen LogP contribution in [-0.2, 0) is 29.4 Å². The molecule has 0 amide bonds. The molecule has 0 fully saturated rings. The van der Waals surface area contributed by atoms with E-state index < -0.39 is 37.1 Å². The zero-order chi connectivity index (χ0) is 22.6. The fourth-order valence-corrected chi connectivity index (χ4v) is 5.37. The molecule has 2 aromatic carbocycles. The van der Waals surface area contributed by atoms with Gasteiger partial charge in [-0.15, -0.1) is 0 Å². The summed E-state index contributed by atoms with van der Waals surface area (Å²) in [6, 6.07) is 12.1. The number of halogens is 1. The monoisotopic (exact) mass is 471 g/mol. The van der Waals surface area contributed by atoms with Gasteiger partial charge in [-0.3, -0.25) is 4.79 Å². The number of rotatable bonds is 8. The molecule has 162 valence electrons. The zero-order valence-electron chi connectivity index (χ0n) is 16.6. The van der Waals surface area contributed by atoms with Gasteiger partial charge >= 0.3 is 5.97 Å². The van der Waals surface area contributed by atoms with Crippen LogP contribution in [0.4, 0.5) is 0 Å². The normalized spacial score (nSPS) is 12.8. The van der Waals surface area contributed by atoms with Crippen LogP contribution in [0.2, 0.25) is 5.02 Å². The van der Waals surface area contributed by atoms with E-state index in [2.05, 4.69) is 9.46 Å². The van der Waals surface area contributed by atoms with Gasteiger partial charge in [-0.25, -0.2) is 16.8 Å². The molecule has 7 nitrogen and oxygen atoms in total. The summed E-state index contributed by atoms with van der Waals surface area (Å²) in [6.45, 7) is 2.77. The van der Waals surface area contributed by atoms with E-state index in [1.165, 1.54) is 56.3 Å². The summed E-state index contributed by atoms with van der Waals surface area (Å²) >= 11 is 6.14. The molecule has 30 heavy (non-hydrogen) atoms. The van der Waals surface area contributed by atoms with E-state index in [9.17, 15) is 21.6 Å². The van der Waals surface area contributed by atoms with Gasteiger partial charge in [0, 0.05) is 5.02 Å². The number of ether oxygens (including phenoxy) is 1. The van der Waals surface area contributed by atoms with Crippen molar-refractivity contribution in [3.63, 3.8) is 0 Å². The Labute approximate surface area is 181 Å². The minimum absolute atomic E-state index is 0.0329. The summed E-state index contributed by atoms with van der Waals surface area (Å²) in [5.74, 6) is -1.17. The number of nitrogens with one attached hydrogen (secondary N) is 1. The lowest BCUT2D eigenvalue weighted by atomic mass is 10.1. The molecule has 0 spiro atoms. The highest BCUT2D eigenvalue weighted by Crippen LogP contribution is 2.26. The summed E-state index contributed by atoms with van der Waals surface area (Å²) in [6.07, 6.45) is 2.73. The smallest absolute Gasteiger partial charge is 0.326 e. The molecule has 0 aliphatic carbocycles. The average molecular weight is 472 g/mol. The molecular weight excluding hydrogens is 450 g/mol. The Morgan fingerprint density at radius 2 is 1.70 bits per heavy atom. The number of sulfone groups is 1. The summed E-state index contributed by atoms with van der Waals surface area (Å²) in [5.41, 5.74) is -1.08. The summed E-state index contributed by atoms with van der Waals surface area (Å²) in [4.78, 5) is 11.8. The SMILES string of the molecule is COC(=O)C(C)(C)NS(=O)(=O)CC=Cc1cc(S(=O)(=O)c2ccccc2)ccc1Cl. The fourth-order valence-electron chi connectivity index (χ4n) is 2.58. The minimum Gasteiger partial charge on any atom is -0.468 e. The van der Waals surface area contributed by atoms with Crippen molar-refractivity contribution < 1.29 is 26.4 Å². The van der Waals surface area contributed by atoms with Gasteiger partial charge in [0.05, 0.1) is 22.7 Å². The lowest BCUT2D eigenvalue weighted by Gasteiger charge is -2.22. The van der Waals surface area contributed by atoms with Crippen LogP contribution in [0.15, 0.2) is 64.4 Å². The largest absolute Gasteiger partial charge is 0.468 e. The molecule has 2 aromatic rings. The number of sulfonamides is 1. The molecule has 1 N–H and O–H groups in total. The number of carbonyl (C=O) groups excluding carboxylic acids is 1. The molecule has 0 aromatic heterocycles. The molecule has 0 saturated heterocycles. The number of hydrogen-bond acceptors (Lipinski definition) is 6. The van der Waals surface area contributed by atoms with Gasteiger partial charge in [0.25, 0.3) is 0 Å². The Balaban J connectivity index is 2.24. The van der Waals surface area contributed by atoms with Gasteiger partial charge in [-0.2, -0.15) is 4.72 Å². The van der Waals surface area contributed by atoms with Gasteiger partial charge in [0.1, 0.15) is 5.54 Å². The summed E-state index contributed by atoms with van der Waals surface area (Å²) in [7, 11) is -6.44. The van der Waals surface area contributed by atoms with Crippen molar-refractivity contribution in [2.45, 2.75) is 29.2 Å². The third-order valence-electron chi connectivity index (χ3n) is 4.05. The van der Waals surface area contributed by atoms with E-state index >= 15 is 0 Å². The van der Waals surface area contributed by atoms with Gasteiger partial charge in [0.15, 0.2) is 0 Å². The number of methoxy groups -OCH3 is 1. The maximum Gasteiger partial charge on any atom is 0.326 e. The molecule has 0 bridgehead atoms. The van der Waals surface area contributed by atoms with E-state index in [1.807, 2.05) is 0 Å². The van der Waals surface area contributed by atoms with Gasteiger partial charge in [0.2, 0.25) is 19.9 Å². The Morgan fingerprint density at radius 1 is 1.07 bits per heavy atom. The number of carbonyl (C=O) groups is 1. The van der Waals surface area contributed by atoms with Crippen molar-refractivity contribution in [2.75, 3.05) is 12.9 Å². The molecule has 0 saturated carbocycles. The second-order valence-corrected chi connectivity index (χ2v) is 11.0. The van der Waals surface area contributed by atoms with Gasteiger partial charge in [-0.1, -0.05) is 42.0 Å². The molecule has 0 radical (unpaired) electrons. The fraction of sp³-hybridized carbons (Fsp3) is 0.250. The Bertz CT molecular complexity index is 1160. The lowest BCUT2D eigenvalue weighted by molar-refractivity contribution is -0.146. The van der Waals surface area contributed by atoms with Crippen LogP contribution in [0.1, 0.15) is 19.4 Å². The zero-order valence-corrected chi connectivity index (χ0v) is 19.0. The van der Waals surface area contributed by atoms with Crippen LogP contribution in [0.25, 0.3) is 6.08 Å². The van der Waals surface area contributed by atoms with E-state index in [1.54, 1.807) is 18.2 Å². The first-order chi connectivity index (χ1) is 13.9. The number of hydrogen-bond donors (Lipinski definition) is 1. The third kappa shape index (κ3) is 5.91. The topological polar surface area (TPSA) is 107 Å². The number of benzene rings is 2. The second-order valence-electron chi connectivity index (χ2n) is 6.90. The summed E-state index contributed by atoms with van der Waals surface area (Å²) < 4.78 is 56.9. The maximum atomic E-state index is 12.8. The van der Waals surface area contributed by atoms with Crippen LogP contribution in [0.3, 0.4) is 0 Å².